The minimum atomic E-state index is 0. The zero-order chi connectivity index (χ0) is 16.3. The summed E-state index contributed by atoms with van der Waals surface area (Å²) in [5.41, 5.74) is 0.950. The summed E-state index contributed by atoms with van der Waals surface area (Å²) >= 11 is 0. The molecule has 1 saturated heterocycles. The van der Waals surface area contributed by atoms with Crippen LogP contribution < -0.4 is 4.74 Å². The maximum Gasteiger partial charge on any atom is 0.224 e. The van der Waals surface area contributed by atoms with Gasteiger partial charge in [0.25, 0.3) is 0 Å². The van der Waals surface area contributed by atoms with Gasteiger partial charge in [0.15, 0.2) is 0 Å². The van der Waals surface area contributed by atoms with Gasteiger partial charge in [-0.2, -0.15) is 4.98 Å². The molecule has 1 aromatic heterocycles. The number of rotatable bonds is 6. The fourth-order valence-corrected chi connectivity index (χ4v) is 3.11. The highest BCUT2D eigenvalue weighted by atomic mass is 35.5. The quantitative estimate of drug-likeness (QED) is 0.748. The molecule has 132 valence electrons. The molecule has 0 spiro atoms. The number of aryl methyl sites for hydroxylation is 1. The number of aromatic nitrogens is 2. The number of halogens is 1. The maximum absolute atomic E-state index is 5.93. The van der Waals surface area contributed by atoms with E-state index in [1.165, 1.54) is 0 Å². The van der Waals surface area contributed by atoms with Crippen LogP contribution >= 0.6 is 12.4 Å². The molecule has 1 unspecified atom stereocenters. The molecule has 0 radical (unpaired) electrons. The molecule has 24 heavy (non-hydrogen) atoms. The summed E-state index contributed by atoms with van der Waals surface area (Å²) in [4.78, 5) is 11.3. The number of hydrogen-bond donors (Lipinski definition) is 0. The van der Waals surface area contributed by atoms with Gasteiger partial charge in [0.2, 0.25) is 5.88 Å². The van der Waals surface area contributed by atoms with Crippen molar-refractivity contribution in [2.75, 3.05) is 33.4 Å². The van der Waals surface area contributed by atoms with Crippen molar-refractivity contribution in [3.8, 4) is 5.88 Å². The Morgan fingerprint density at radius 2 is 2.04 bits per heavy atom. The molecule has 1 aliphatic rings. The lowest BCUT2D eigenvalue weighted by molar-refractivity contribution is 0.0146. The van der Waals surface area contributed by atoms with Crippen LogP contribution in [0.2, 0.25) is 0 Å². The number of benzene rings is 1. The Labute approximate surface area is 149 Å². The smallest absolute Gasteiger partial charge is 0.224 e. The number of methoxy groups -OCH3 is 1. The Balaban J connectivity index is 0.00000208. The van der Waals surface area contributed by atoms with Crippen LogP contribution in [0.4, 0.5) is 0 Å². The van der Waals surface area contributed by atoms with Gasteiger partial charge in [-0.1, -0.05) is 12.1 Å². The molecule has 0 N–H and O–H groups in total. The Hall–Kier alpha value is -1.43. The van der Waals surface area contributed by atoms with E-state index in [2.05, 4.69) is 21.8 Å². The van der Waals surface area contributed by atoms with Crippen LogP contribution in [0.1, 0.15) is 25.6 Å². The first kappa shape index (κ1) is 18.9. The van der Waals surface area contributed by atoms with E-state index in [1.54, 1.807) is 7.11 Å². The number of fused-ring (bicyclic) bond motifs is 1. The molecule has 0 saturated carbocycles. The molecule has 5 nitrogen and oxygen atoms in total. The number of likely N-dealkylation sites (tertiary alicyclic amines) is 1. The maximum atomic E-state index is 5.93. The third-order valence-electron chi connectivity index (χ3n) is 4.55. The van der Waals surface area contributed by atoms with Gasteiger partial charge >= 0.3 is 0 Å². The molecule has 0 amide bonds. The van der Waals surface area contributed by atoms with E-state index in [0.29, 0.717) is 12.5 Å². The largest absolute Gasteiger partial charge is 0.477 e. The summed E-state index contributed by atoms with van der Waals surface area (Å²) in [7, 11) is 1.80. The van der Waals surface area contributed by atoms with Gasteiger partial charge < -0.3 is 14.4 Å². The van der Waals surface area contributed by atoms with E-state index in [9.17, 15) is 0 Å². The second-order valence-corrected chi connectivity index (χ2v) is 6.48. The SMILES string of the molecule is COC1(C)CCN(CCCOc2nc(C)nc3ccccc23)C1.Cl. The van der Waals surface area contributed by atoms with Crippen LogP contribution in [-0.4, -0.2) is 53.8 Å². The average Bonchev–Trinajstić information content (AvgIpc) is 2.93. The van der Waals surface area contributed by atoms with Crippen LogP contribution in [0.5, 0.6) is 5.88 Å². The normalized spacial score (nSPS) is 21.0. The summed E-state index contributed by atoms with van der Waals surface area (Å²) < 4.78 is 11.5. The molecule has 0 bridgehead atoms. The van der Waals surface area contributed by atoms with E-state index in [0.717, 1.165) is 49.2 Å². The first-order valence-electron chi connectivity index (χ1n) is 8.23. The second kappa shape index (κ2) is 8.10. The van der Waals surface area contributed by atoms with E-state index < -0.39 is 0 Å². The number of nitrogens with zero attached hydrogens (tertiary/aromatic N) is 3. The minimum Gasteiger partial charge on any atom is -0.477 e. The van der Waals surface area contributed by atoms with E-state index in [-0.39, 0.29) is 18.0 Å². The third-order valence-corrected chi connectivity index (χ3v) is 4.55. The summed E-state index contributed by atoms with van der Waals surface area (Å²) in [5, 5.41) is 0.978. The van der Waals surface area contributed by atoms with Gasteiger partial charge in [-0.3, -0.25) is 0 Å². The van der Waals surface area contributed by atoms with Crippen molar-refractivity contribution in [2.45, 2.75) is 32.3 Å². The van der Waals surface area contributed by atoms with Crippen molar-refractivity contribution in [1.82, 2.24) is 14.9 Å². The molecule has 1 atom stereocenters. The van der Waals surface area contributed by atoms with Crippen molar-refractivity contribution < 1.29 is 9.47 Å². The number of para-hydroxylation sites is 1. The van der Waals surface area contributed by atoms with E-state index in [1.807, 2.05) is 31.2 Å². The molecular weight excluding hydrogens is 326 g/mol. The van der Waals surface area contributed by atoms with Gasteiger partial charge in [0.05, 0.1) is 23.1 Å². The zero-order valence-electron chi connectivity index (χ0n) is 14.6. The highest BCUT2D eigenvalue weighted by Crippen LogP contribution is 2.24. The Bertz CT molecular complexity index is 682. The highest BCUT2D eigenvalue weighted by molar-refractivity contribution is 5.85. The number of ether oxygens (including phenoxy) is 2. The minimum absolute atomic E-state index is 0. The predicted molar refractivity (Wildman–Crippen MR) is 98.1 cm³/mol. The van der Waals surface area contributed by atoms with Crippen LogP contribution in [0.25, 0.3) is 10.9 Å². The summed E-state index contributed by atoms with van der Waals surface area (Å²) in [6, 6.07) is 7.98. The van der Waals surface area contributed by atoms with Crippen molar-refractivity contribution >= 4 is 23.3 Å². The van der Waals surface area contributed by atoms with Gasteiger partial charge in [0, 0.05) is 26.7 Å². The molecule has 1 fully saturated rings. The third kappa shape index (κ3) is 4.35. The van der Waals surface area contributed by atoms with Crippen molar-refractivity contribution in [2.24, 2.45) is 0 Å². The van der Waals surface area contributed by atoms with E-state index in [4.69, 9.17) is 9.47 Å². The monoisotopic (exact) mass is 351 g/mol. The first-order valence-corrected chi connectivity index (χ1v) is 8.23. The molecular formula is C18H26ClN3O2. The molecule has 0 aliphatic carbocycles. The van der Waals surface area contributed by atoms with Crippen LogP contribution in [0.15, 0.2) is 24.3 Å². The Morgan fingerprint density at radius 1 is 1.25 bits per heavy atom. The predicted octanol–water partition coefficient (Wildman–Crippen LogP) is 3.24. The molecule has 2 aromatic rings. The standard InChI is InChI=1S/C18H25N3O2.ClH/c1-14-19-16-8-5-4-7-15(16)17(20-14)23-12-6-10-21-11-9-18(2,13-21)22-3;/h4-5,7-8H,6,9-13H2,1-3H3;1H. The molecule has 3 rings (SSSR count). The van der Waals surface area contributed by atoms with Gasteiger partial charge in [0.1, 0.15) is 5.82 Å². The van der Waals surface area contributed by atoms with Crippen LogP contribution in [0.3, 0.4) is 0 Å². The fourth-order valence-electron chi connectivity index (χ4n) is 3.11. The lowest BCUT2D eigenvalue weighted by atomic mass is 10.1. The Morgan fingerprint density at radius 3 is 2.79 bits per heavy atom. The zero-order valence-corrected chi connectivity index (χ0v) is 15.4. The lowest BCUT2D eigenvalue weighted by Gasteiger charge is -2.23. The summed E-state index contributed by atoms with van der Waals surface area (Å²) in [6.45, 7) is 7.87. The highest BCUT2D eigenvalue weighted by Gasteiger charge is 2.32. The fraction of sp³-hybridized carbons (Fsp3) is 0.556. The first-order chi connectivity index (χ1) is 11.1. The molecule has 1 aromatic carbocycles. The van der Waals surface area contributed by atoms with Gasteiger partial charge in [-0.15, -0.1) is 12.4 Å². The second-order valence-electron chi connectivity index (χ2n) is 6.48. The van der Waals surface area contributed by atoms with Crippen LogP contribution in [-0.2, 0) is 4.74 Å². The molecule has 6 heteroatoms. The number of hydrogen-bond acceptors (Lipinski definition) is 5. The van der Waals surface area contributed by atoms with Gasteiger partial charge in [-0.25, -0.2) is 4.98 Å². The Kier molecular flexibility index (Phi) is 6.38. The summed E-state index contributed by atoms with van der Waals surface area (Å²) in [6.07, 6.45) is 2.08. The van der Waals surface area contributed by atoms with Crippen LogP contribution in [0, 0.1) is 6.92 Å². The van der Waals surface area contributed by atoms with Crippen molar-refractivity contribution in [1.29, 1.82) is 0 Å². The lowest BCUT2D eigenvalue weighted by Crippen LogP contribution is -2.32. The molecule has 1 aliphatic heterocycles. The topological polar surface area (TPSA) is 47.5 Å². The van der Waals surface area contributed by atoms with Gasteiger partial charge in [-0.05, 0) is 38.8 Å². The van der Waals surface area contributed by atoms with Crippen molar-refractivity contribution in [3.05, 3.63) is 30.1 Å². The summed E-state index contributed by atoms with van der Waals surface area (Å²) in [5.74, 6) is 1.44. The molecule has 2 heterocycles. The average molecular weight is 352 g/mol. The van der Waals surface area contributed by atoms with E-state index >= 15 is 0 Å². The van der Waals surface area contributed by atoms with Crippen molar-refractivity contribution in [3.63, 3.8) is 0 Å².